The maximum absolute atomic E-state index is 8.48. The van der Waals surface area contributed by atoms with Crippen LogP contribution in [0.3, 0.4) is 0 Å². The quantitative estimate of drug-likeness (QED) is 0.453. The topological polar surface area (TPSA) is 48.2 Å². The van der Waals surface area contributed by atoms with E-state index in [2.05, 4.69) is 9.98 Å². The van der Waals surface area contributed by atoms with Crippen molar-refractivity contribution in [2.24, 2.45) is 9.98 Å². The van der Waals surface area contributed by atoms with Crippen LogP contribution >= 0.6 is 0 Å². The lowest BCUT2D eigenvalue weighted by atomic mass is 10.9. The van der Waals surface area contributed by atoms with E-state index in [1.807, 2.05) is 0 Å². The first-order valence-corrected chi connectivity index (χ1v) is 1.87. The highest BCUT2D eigenvalue weighted by Crippen LogP contribution is 1.80. The average Bonchev–Trinajstić information content (AvgIpc) is 1.69. The van der Waals surface area contributed by atoms with E-state index in [1.54, 1.807) is 0 Å². The molecule has 0 unspecified atom stereocenters. The summed E-state index contributed by atoms with van der Waals surface area (Å²) in [5, 5.41) is 9.38. The van der Waals surface area contributed by atoms with Crippen LogP contribution in [0.15, 0.2) is 9.98 Å². The first-order chi connectivity index (χ1) is 3.39. The summed E-state index contributed by atoms with van der Waals surface area (Å²) in [7, 11) is 0. The zero-order chi connectivity index (χ0) is 5.11. The molecule has 0 fully saturated rings. The summed E-state index contributed by atoms with van der Waals surface area (Å²) in [6, 6.07) is 0. The fourth-order valence-corrected chi connectivity index (χ4v) is 0.311. The van der Waals surface area contributed by atoms with Crippen molar-refractivity contribution in [3.8, 4) is 0 Å². The second kappa shape index (κ2) is 1.70. The molecule has 1 aliphatic heterocycles. The maximum atomic E-state index is 8.48. The van der Waals surface area contributed by atoms with Gasteiger partial charge in [0.15, 0.2) is 0 Å². The molecule has 1 heterocycles. The van der Waals surface area contributed by atoms with Crippen molar-refractivity contribution in [1.82, 2.24) is 5.06 Å². The minimum Gasteiger partial charge on any atom is -0.286 e. The Morgan fingerprint density at radius 3 is 2.86 bits per heavy atom. The smallest absolute Gasteiger partial charge is 0.138 e. The minimum absolute atomic E-state index is 0.295. The average molecular weight is 99.1 g/mol. The van der Waals surface area contributed by atoms with Crippen LogP contribution in [0.25, 0.3) is 0 Å². The summed E-state index contributed by atoms with van der Waals surface area (Å²) >= 11 is 0. The highest BCUT2D eigenvalue weighted by molar-refractivity contribution is 5.72. The Morgan fingerprint density at radius 1 is 1.71 bits per heavy atom. The Morgan fingerprint density at radius 2 is 2.57 bits per heavy atom. The Labute approximate surface area is 40.8 Å². The van der Waals surface area contributed by atoms with E-state index in [0.29, 0.717) is 6.67 Å². The number of hydroxylamine groups is 2. The number of nitrogens with zero attached hydrogens (tertiary/aromatic N) is 3. The molecule has 0 atom stereocenters. The fourth-order valence-electron chi connectivity index (χ4n) is 0.311. The van der Waals surface area contributed by atoms with E-state index in [0.717, 1.165) is 5.06 Å². The van der Waals surface area contributed by atoms with E-state index in [9.17, 15) is 0 Å². The third-order valence-corrected chi connectivity index (χ3v) is 0.575. The van der Waals surface area contributed by atoms with Gasteiger partial charge in [0.25, 0.3) is 0 Å². The van der Waals surface area contributed by atoms with Gasteiger partial charge in [0.05, 0.1) is 0 Å². The monoisotopic (exact) mass is 99.0 g/mol. The predicted octanol–water partition coefficient (Wildman–Crippen LogP) is -0.295. The SMILES string of the molecule is ON1C=NC=NC1. The van der Waals surface area contributed by atoms with Crippen LogP contribution in [0, 0.1) is 0 Å². The van der Waals surface area contributed by atoms with Gasteiger partial charge in [-0.1, -0.05) is 0 Å². The van der Waals surface area contributed by atoms with Gasteiger partial charge in [0, 0.05) is 0 Å². The van der Waals surface area contributed by atoms with Crippen LogP contribution in [-0.2, 0) is 0 Å². The molecular weight excluding hydrogens is 94.1 g/mol. The molecule has 38 valence electrons. The lowest BCUT2D eigenvalue weighted by Gasteiger charge is -2.07. The molecule has 7 heavy (non-hydrogen) atoms. The van der Waals surface area contributed by atoms with Gasteiger partial charge in [-0.15, -0.1) is 0 Å². The van der Waals surface area contributed by atoms with Crippen molar-refractivity contribution in [2.45, 2.75) is 0 Å². The van der Waals surface area contributed by atoms with E-state index >= 15 is 0 Å². The predicted molar refractivity (Wildman–Crippen MR) is 25.5 cm³/mol. The first-order valence-electron chi connectivity index (χ1n) is 1.87. The van der Waals surface area contributed by atoms with Crippen molar-refractivity contribution < 1.29 is 5.21 Å². The van der Waals surface area contributed by atoms with Crippen molar-refractivity contribution >= 4 is 12.7 Å². The lowest BCUT2D eigenvalue weighted by Crippen LogP contribution is -2.19. The minimum atomic E-state index is 0.295. The number of aliphatic imine (C=N–C) groups is 2. The molecule has 0 aromatic carbocycles. The van der Waals surface area contributed by atoms with E-state index in [4.69, 9.17) is 5.21 Å². The van der Waals surface area contributed by atoms with Crippen molar-refractivity contribution in [3.05, 3.63) is 0 Å². The second-order valence-electron chi connectivity index (χ2n) is 1.14. The highest BCUT2D eigenvalue weighted by Gasteiger charge is 1.90. The van der Waals surface area contributed by atoms with Crippen LogP contribution < -0.4 is 0 Å². The van der Waals surface area contributed by atoms with E-state index in [1.165, 1.54) is 12.7 Å². The molecular formula is C3H5N3O. The van der Waals surface area contributed by atoms with Gasteiger partial charge < -0.3 is 0 Å². The van der Waals surface area contributed by atoms with Crippen LogP contribution in [0.1, 0.15) is 0 Å². The van der Waals surface area contributed by atoms with Gasteiger partial charge in [0.2, 0.25) is 0 Å². The maximum Gasteiger partial charge on any atom is 0.138 e. The molecule has 0 saturated heterocycles. The summed E-state index contributed by atoms with van der Waals surface area (Å²) in [6.45, 7) is 0.295. The molecule has 0 aromatic heterocycles. The molecule has 1 aliphatic rings. The Balaban J connectivity index is 2.49. The van der Waals surface area contributed by atoms with Gasteiger partial charge in [-0.2, -0.15) is 0 Å². The zero-order valence-electron chi connectivity index (χ0n) is 3.65. The largest absolute Gasteiger partial charge is 0.286 e. The fraction of sp³-hybridized carbons (Fsp3) is 0.333. The molecule has 4 nitrogen and oxygen atoms in total. The first kappa shape index (κ1) is 4.26. The normalized spacial score (nSPS) is 18.1. The van der Waals surface area contributed by atoms with Crippen LogP contribution in [0.5, 0.6) is 0 Å². The molecule has 0 aliphatic carbocycles. The molecule has 0 aromatic rings. The lowest BCUT2D eigenvalue weighted by molar-refractivity contribution is -0.00608. The third kappa shape index (κ3) is 0.972. The van der Waals surface area contributed by atoms with Gasteiger partial charge in [-0.25, -0.2) is 15.0 Å². The number of hydrogen-bond acceptors (Lipinski definition) is 4. The van der Waals surface area contributed by atoms with Crippen molar-refractivity contribution in [1.29, 1.82) is 0 Å². The van der Waals surface area contributed by atoms with Crippen molar-refractivity contribution in [3.63, 3.8) is 0 Å². The van der Waals surface area contributed by atoms with Crippen LogP contribution in [0.4, 0.5) is 0 Å². The van der Waals surface area contributed by atoms with E-state index in [-0.39, 0.29) is 0 Å². The summed E-state index contributed by atoms with van der Waals surface area (Å²) < 4.78 is 0. The van der Waals surface area contributed by atoms with E-state index < -0.39 is 0 Å². The highest BCUT2D eigenvalue weighted by atomic mass is 16.5. The van der Waals surface area contributed by atoms with Gasteiger partial charge in [-0.05, 0) is 0 Å². The van der Waals surface area contributed by atoms with Crippen LogP contribution in [0.2, 0.25) is 0 Å². The third-order valence-electron chi connectivity index (χ3n) is 0.575. The van der Waals surface area contributed by atoms with Gasteiger partial charge >= 0.3 is 0 Å². The molecule has 1 rings (SSSR count). The molecule has 0 bridgehead atoms. The zero-order valence-corrected chi connectivity index (χ0v) is 3.65. The molecule has 0 amide bonds. The standard InChI is InChI=1S/C3H5N3O/c7-6-2-4-1-5-3-6/h1-2,7H,3H2. The molecule has 0 spiro atoms. The Kier molecular flexibility index (Phi) is 1.04. The summed E-state index contributed by atoms with van der Waals surface area (Å²) in [5.74, 6) is 0. The number of rotatable bonds is 0. The Bertz CT molecular complexity index is 109. The van der Waals surface area contributed by atoms with Gasteiger partial charge in [-0.3, -0.25) is 5.21 Å². The second-order valence-corrected chi connectivity index (χ2v) is 1.14. The molecule has 0 saturated carbocycles. The van der Waals surface area contributed by atoms with Gasteiger partial charge in [0.1, 0.15) is 19.3 Å². The van der Waals surface area contributed by atoms with Crippen LogP contribution in [-0.4, -0.2) is 29.6 Å². The van der Waals surface area contributed by atoms with Crippen molar-refractivity contribution in [2.75, 3.05) is 6.67 Å². The molecule has 0 radical (unpaired) electrons. The Hall–Kier alpha value is -0.900. The summed E-state index contributed by atoms with van der Waals surface area (Å²) in [4.78, 5) is 7.13. The summed E-state index contributed by atoms with van der Waals surface area (Å²) in [6.07, 6.45) is 2.69. The summed E-state index contributed by atoms with van der Waals surface area (Å²) in [5.41, 5.74) is 0. The molecule has 1 N–H and O–H groups in total. The molecule has 4 heteroatoms. The number of hydrogen-bond donors (Lipinski definition) is 1.